The molecule has 2 saturated carbocycles. The summed E-state index contributed by atoms with van der Waals surface area (Å²) in [7, 11) is 0. The third kappa shape index (κ3) is 21.9. The van der Waals surface area contributed by atoms with Crippen LogP contribution in [0.15, 0.2) is 0 Å². The topological polar surface area (TPSA) is 80.3 Å². The number of hydrogen-bond acceptors (Lipinski definition) is 4. The number of hydrogen-bond donors (Lipinski definition) is 0. The second-order valence-electron chi connectivity index (χ2n) is 15.8. The van der Waals surface area contributed by atoms with Gasteiger partial charge in [-0.05, 0) is 37.5 Å². The van der Waals surface area contributed by atoms with E-state index in [9.17, 15) is 19.8 Å². The maximum absolute atomic E-state index is 11.1. The van der Waals surface area contributed by atoms with Crippen LogP contribution in [-0.4, -0.2) is 49.7 Å². The van der Waals surface area contributed by atoms with Crippen molar-refractivity contribution < 1.29 is 19.8 Å². The van der Waals surface area contributed by atoms with Gasteiger partial charge in [0, 0.05) is 22.8 Å². The molecule has 0 saturated heterocycles. The molecule has 2 fully saturated rings. The van der Waals surface area contributed by atoms with Gasteiger partial charge in [0.1, 0.15) is 0 Å². The standard InChI is InChI=1S/2C21H40O2.Ca/c2*1-3-4-5-6-7-8-9-10-11-12-13-14-15-16-17-21(20(22)23)18-19(21)2;/h2*19H,3-18H2,1-2H3,(H,22,23);/q;;+2/p-2. The van der Waals surface area contributed by atoms with Crippen molar-refractivity contribution in [1.29, 1.82) is 0 Å². The molecule has 0 radical (unpaired) electrons. The number of carboxylic acid groups (broad SMARTS) is 2. The fourth-order valence-electron chi connectivity index (χ4n) is 7.71. The Bertz CT molecular complexity index is 695. The molecule has 5 heteroatoms. The van der Waals surface area contributed by atoms with Crippen molar-refractivity contribution in [2.24, 2.45) is 22.7 Å². The Hall–Kier alpha value is 0.200. The van der Waals surface area contributed by atoms with Crippen LogP contribution < -0.4 is 10.2 Å². The van der Waals surface area contributed by atoms with Gasteiger partial charge >= 0.3 is 37.7 Å². The van der Waals surface area contributed by atoms with Crippen LogP contribution in [-0.2, 0) is 9.59 Å². The Kier molecular flexibility index (Phi) is 30.0. The molecule has 2 aliphatic carbocycles. The van der Waals surface area contributed by atoms with Gasteiger partial charge in [-0.2, -0.15) is 0 Å². The number of carboxylic acids is 2. The van der Waals surface area contributed by atoms with Crippen molar-refractivity contribution in [2.45, 2.75) is 233 Å². The van der Waals surface area contributed by atoms with Gasteiger partial charge in [0.05, 0.1) is 0 Å². The zero-order chi connectivity index (χ0) is 33.9. The molecular formula is C42H78CaO4. The maximum Gasteiger partial charge on any atom is 2.00 e. The summed E-state index contributed by atoms with van der Waals surface area (Å²) >= 11 is 0. The summed E-state index contributed by atoms with van der Waals surface area (Å²) < 4.78 is 0. The van der Waals surface area contributed by atoms with E-state index in [1.165, 1.54) is 167 Å². The summed E-state index contributed by atoms with van der Waals surface area (Å²) in [4.78, 5) is 22.3. The van der Waals surface area contributed by atoms with E-state index < -0.39 is 22.8 Å². The van der Waals surface area contributed by atoms with E-state index in [4.69, 9.17) is 0 Å². The summed E-state index contributed by atoms with van der Waals surface area (Å²) in [5, 5.41) is 22.3. The smallest absolute Gasteiger partial charge is 0.550 e. The van der Waals surface area contributed by atoms with Gasteiger partial charge in [0.25, 0.3) is 0 Å². The summed E-state index contributed by atoms with van der Waals surface area (Å²) in [6, 6.07) is 0. The maximum atomic E-state index is 11.1. The van der Waals surface area contributed by atoms with Crippen LogP contribution in [0.5, 0.6) is 0 Å². The Morgan fingerprint density at radius 1 is 0.426 bits per heavy atom. The van der Waals surface area contributed by atoms with Crippen LogP contribution in [0.1, 0.15) is 233 Å². The predicted octanol–water partition coefficient (Wildman–Crippen LogP) is 10.9. The van der Waals surface area contributed by atoms with Crippen LogP contribution in [0.25, 0.3) is 0 Å². The SMILES string of the molecule is CCCCCCCCCCCCCCCCC1(C(=O)[O-])CC1C.CCCCCCCCCCCCCCCCC1(C(=O)[O-])CC1C.[Ca+2]. The molecule has 0 amide bonds. The van der Waals surface area contributed by atoms with Crippen molar-refractivity contribution in [2.75, 3.05) is 0 Å². The molecule has 0 bridgehead atoms. The molecule has 0 aromatic rings. The first kappa shape index (κ1) is 47.2. The quantitative estimate of drug-likeness (QED) is 0.0521. The molecule has 0 heterocycles. The summed E-state index contributed by atoms with van der Waals surface area (Å²) in [5.41, 5.74) is -0.895. The van der Waals surface area contributed by atoms with Crippen LogP contribution >= 0.6 is 0 Å². The summed E-state index contributed by atoms with van der Waals surface area (Å²) in [6.45, 7) is 8.63. The van der Waals surface area contributed by atoms with E-state index in [2.05, 4.69) is 13.8 Å². The van der Waals surface area contributed by atoms with E-state index in [0.717, 1.165) is 38.5 Å². The number of aliphatic carboxylic acids is 2. The first-order valence-corrected chi connectivity index (χ1v) is 20.7. The molecule has 0 N–H and O–H groups in total. The summed E-state index contributed by atoms with van der Waals surface area (Å²) in [6.07, 6.45) is 41.1. The third-order valence-electron chi connectivity index (χ3n) is 11.7. The van der Waals surface area contributed by atoms with Crippen molar-refractivity contribution in [3.8, 4) is 0 Å². The van der Waals surface area contributed by atoms with Gasteiger partial charge in [-0.25, -0.2) is 0 Å². The Balaban J connectivity index is 0.000000882. The fraction of sp³-hybridized carbons (Fsp3) is 0.952. The average molecular weight is 687 g/mol. The van der Waals surface area contributed by atoms with Gasteiger partial charge in [0.2, 0.25) is 0 Å². The van der Waals surface area contributed by atoms with Gasteiger partial charge in [-0.1, -0.05) is 207 Å². The van der Waals surface area contributed by atoms with Crippen molar-refractivity contribution >= 4 is 49.7 Å². The minimum atomic E-state index is -0.806. The molecule has 4 nitrogen and oxygen atoms in total. The van der Waals surface area contributed by atoms with E-state index >= 15 is 0 Å². The van der Waals surface area contributed by atoms with Crippen LogP contribution in [0.4, 0.5) is 0 Å². The molecule has 2 aliphatic rings. The van der Waals surface area contributed by atoms with Crippen molar-refractivity contribution in [1.82, 2.24) is 0 Å². The van der Waals surface area contributed by atoms with Crippen LogP contribution in [0.3, 0.4) is 0 Å². The Labute approximate surface area is 323 Å². The van der Waals surface area contributed by atoms with E-state index in [1.54, 1.807) is 0 Å². The molecule has 4 atom stereocenters. The molecule has 47 heavy (non-hydrogen) atoms. The van der Waals surface area contributed by atoms with Gasteiger partial charge in [0.15, 0.2) is 0 Å². The number of carbonyl (C=O) groups is 2. The second-order valence-corrected chi connectivity index (χ2v) is 15.8. The molecule has 2 rings (SSSR count). The molecule has 4 unspecified atom stereocenters. The Morgan fingerprint density at radius 3 is 0.745 bits per heavy atom. The van der Waals surface area contributed by atoms with E-state index in [1.807, 2.05) is 13.8 Å². The predicted molar refractivity (Wildman–Crippen MR) is 198 cm³/mol. The Morgan fingerprint density at radius 2 is 0.596 bits per heavy atom. The minimum absolute atomic E-state index is 0. The van der Waals surface area contributed by atoms with Crippen LogP contribution in [0, 0.1) is 22.7 Å². The van der Waals surface area contributed by atoms with Crippen LogP contribution in [0.2, 0.25) is 0 Å². The largest absolute Gasteiger partial charge is 2.00 e. The number of unbranched alkanes of at least 4 members (excludes halogenated alkanes) is 26. The molecule has 0 spiro atoms. The zero-order valence-electron chi connectivity index (χ0n) is 32.1. The zero-order valence-corrected chi connectivity index (χ0v) is 34.3. The number of carbonyl (C=O) groups excluding carboxylic acids is 2. The average Bonchev–Trinajstić information content (AvgIpc) is 3.91. The molecule has 0 aromatic heterocycles. The second kappa shape index (κ2) is 29.9. The monoisotopic (exact) mass is 687 g/mol. The summed E-state index contributed by atoms with van der Waals surface area (Å²) in [5.74, 6) is -0.927. The molecule has 272 valence electrons. The first-order chi connectivity index (χ1) is 22.3. The van der Waals surface area contributed by atoms with Gasteiger partial charge in [-0.15, -0.1) is 0 Å². The van der Waals surface area contributed by atoms with Gasteiger partial charge in [-0.3, -0.25) is 0 Å². The number of rotatable bonds is 32. The van der Waals surface area contributed by atoms with E-state index in [0.29, 0.717) is 11.8 Å². The normalized spacial score (nSPS) is 22.6. The minimum Gasteiger partial charge on any atom is -0.550 e. The third-order valence-corrected chi connectivity index (χ3v) is 11.7. The van der Waals surface area contributed by atoms with Crippen molar-refractivity contribution in [3.05, 3.63) is 0 Å². The van der Waals surface area contributed by atoms with Crippen molar-refractivity contribution in [3.63, 3.8) is 0 Å². The van der Waals surface area contributed by atoms with Gasteiger partial charge < -0.3 is 19.8 Å². The molecular weight excluding hydrogens is 609 g/mol. The molecule has 0 aliphatic heterocycles. The fourth-order valence-corrected chi connectivity index (χ4v) is 7.71. The molecule has 0 aromatic carbocycles. The van der Waals surface area contributed by atoms with E-state index in [-0.39, 0.29) is 37.7 Å². The first-order valence-electron chi connectivity index (χ1n) is 20.7.